The average Bonchev–Trinajstić information content (AvgIpc) is 3.17. The lowest BCUT2D eigenvalue weighted by molar-refractivity contribution is -0.144. The van der Waals surface area contributed by atoms with Gasteiger partial charge in [0.2, 0.25) is 5.91 Å². The van der Waals surface area contributed by atoms with Gasteiger partial charge < -0.3 is 14.5 Å². The van der Waals surface area contributed by atoms with Crippen LogP contribution in [0.1, 0.15) is 43.9 Å². The molecule has 39 heavy (non-hydrogen) atoms. The lowest BCUT2D eigenvalue weighted by atomic mass is 9.50. The van der Waals surface area contributed by atoms with Crippen molar-refractivity contribution < 1.29 is 14.3 Å². The molecule has 6 nitrogen and oxygen atoms in total. The van der Waals surface area contributed by atoms with Crippen LogP contribution in [0.4, 0.5) is 16.2 Å². The van der Waals surface area contributed by atoms with E-state index in [2.05, 4.69) is 35.7 Å². The molecule has 1 spiro atoms. The fraction of sp³-hybridized carbons (Fsp3) is 0.333. The molecule has 0 N–H and O–H groups in total. The molecule has 0 saturated carbocycles. The number of carbonyl (C=O) groups excluding carboxylic acids is 2. The molecule has 2 amide bonds. The first-order valence-corrected chi connectivity index (χ1v) is 13.6. The van der Waals surface area contributed by atoms with Gasteiger partial charge in [0.05, 0.1) is 11.1 Å². The average molecular weight is 522 g/mol. The number of benzene rings is 3. The number of ether oxygens (including phenoxy) is 1. The van der Waals surface area contributed by atoms with Gasteiger partial charge in [-0.2, -0.15) is 0 Å². The van der Waals surface area contributed by atoms with Crippen LogP contribution in [0.2, 0.25) is 0 Å². The Labute approximate surface area is 230 Å². The number of anilines is 2. The third-order valence-electron chi connectivity index (χ3n) is 8.62. The van der Waals surface area contributed by atoms with Crippen LogP contribution in [0.3, 0.4) is 0 Å². The number of likely N-dealkylation sites (N-methyl/N-ethyl adjacent to an activating group) is 1. The Bertz CT molecular complexity index is 1460. The molecular formula is C33H35N3O3. The molecular weight excluding hydrogens is 486 g/mol. The van der Waals surface area contributed by atoms with Crippen molar-refractivity contribution in [2.75, 3.05) is 23.4 Å². The highest BCUT2D eigenvalue weighted by Crippen LogP contribution is 2.65. The second-order valence-corrected chi connectivity index (χ2v) is 11.8. The van der Waals surface area contributed by atoms with Crippen LogP contribution in [0.5, 0.6) is 0 Å². The number of amides is 2. The number of piperidine rings is 1. The van der Waals surface area contributed by atoms with Crippen LogP contribution in [-0.2, 0) is 26.9 Å². The maximum atomic E-state index is 14.9. The molecule has 6 rings (SSSR count). The SMILES string of the molecule is C=C[C@@]12C(=O)N(Cc3ccccc3)CC[C@@]13c1ccccc1N(C)[C@H]3N(C(=O)OC(C)(C)C)c1ccccc12. The Morgan fingerprint density at radius 2 is 1.59 bits per heavy atom. The Kier molecular flexibility index (Phi) is 5.65. The van der Waals surface area contributed by atoms with Gasteiger partial charge in [-0.3, -0.25) is 9.69 Å². The molecule has 3 aromatic rings. The second kappa shape index (κ2) is 8.73. The number of nitrogens with zero attached hydrogens (tertiary/aromatic N) is 3. The van der Waals surface area contributed by atoms with E-state index in [1.165, 1.54) is 0 Å². The van der Waals surface area contributed by atoms with E-state index < -0.39 is 28.7 Å². The summed E-state index contributed by atoms with van der Waals surface area (Å²) in [4.78, 5) is 34.8. The van der Waals surface area contributed by atoms with Gasteiger partial charge >= 0.3 is 6.09 Å². The summed E-state index contributed by atoms with van der Waals surface area (Å²) in [6.07, 6.45) is 1.62. The number of carbonyl (C=O) groups is 2. The zero-order valence-electron chi connectivity index (χ0n) is 23.1. The van der Waals surface area contributed by atoms with Crippen molar-refractivity contribution in [3.63, 3.8) is 0 Å². The zero-order chi connectivity index (χ0) is 27.6. The minimum absolute atomic E-state index is 0.0130. The van der Waals surface area contributed by atoms with Gasteiger partial charge in [-0.1, -0.05) is 72.8 Å². The smallest absolute Gasteiger partial charge is 0.416 e. The van der Waals surface area contributed by atoms with E-state index >= 15 is 0 Å². The zero-order valence-corrected chi connectivity index (χ0v) is 23.1. The molecule has 3 aliphatic rings. The monoisotopic (exact) mass is 521 g/mol. The van der Waals surface area contributed by atoms with Crippen molar-refractivity contribution >= 4 is 23.4 Å². The Hall–Kier alpha value is -4.06. The fourth-order valence-electron chi connectivity index (χ4n) is 7.23. The molecule has 6 heteroatoms. The second-order valence-electron chi connectivity index (χ2n) is 11.8. The predicted octanol–water partition coefficient (Wildman–Crippen LogP) is 6.01. The van der Waals surface area contributed by atoms with E-state index in [0.717, 1.165) is 22.4 Å². The summed E-state index contributed by atoms with van der Waals surface area (Å²) in [6.45, 7) is 11.0. The third-order valence-corrected chi connectivity index (χ3v) is 8.62. The third kappa shape index (κ3) is 3.40. The molecule has 0 aromatic heterocycles. The molecule has 3 heterocycles. The Morgan fingerprint density at radius 3 is 2.26 bits per heavy atom. The van der Waals surface area contributed by atoms with Crippen LogP contribution in [0, 0.1) is 0 Å². The highest BCUT2D eigenvalue weighted by molar-refractivity contribution is 6.03. The first kappa shape index (κ1) is 25.2. The first-order chi connectivity index (χ1) is 18.7. The number of fused-ring (bicyclic) bond motifs is 3. The van der Waals surface area contributed by atoms with Gasteiger partial charge in [-0.05, 0) is 56.0 Å². The molecule has 3 aliphatic heterocycles. The molecule has 0 bridgehead atoms. The van der Waals surface area contributed by atoms with E-state index in [1.54, 1.807) is 4.90 Å². The van der Waals surface area contributed by atoms with E-state index in [4.69, 9.17) is 4.74 Å². The van der Waals surface area contributed by atoms with Gasteiger partial charge in [0.25, 0.3) is 0 Å². The topological polar surface area (TPSA) is 53.1 Å². The predicted molar refractivity (Wildman–Crippen MR) is 154 cm³/mol. The summed E-state index contributed by atoms with van der Waals surface area (Å²) in [5, 5.41) is 0. The number of hydrogen-bond acceptors (Lipinski definition) is 4. The Balaban J connectivity index is 1.62. The number of rotatable bonds is 3. The van der Waals surface area contributed by atoms with E-state index in [1.807, 2.05) is 93.4 Å². The molecule has 0 radical (unpaired) electrons. The standard InChI is InChI=1S/C33H35N3O3/c1-6-32-25-17-11-13-19-27(25)36(30(38)39-31(2,3)4)28-33(32,24-16-10-12-18-26(24)34(28)5)20-21-35(29(32)37)22-23-14-8-7-9-15-23/h6-19,28H,1,20-22H2,2-5H3/t28-,32+,33-/m0/s1. The Morgan fingerprint density at radius 1 is 0.974 bits per heavy atom. The summed E-state index contributed by atoms with van der Waals surface area (Å²) in [7, 11) is 2.01. The molecule has 3 aromatic carbocycles. The van der Waals surface area contributed by atoms with Gasteiger partial charge in [0.1, 0.15) is 17.2 Å². The summed E-state index contributed by atoms with van der Waals surface area (Å²) < 4.78 is 6.00. The van der Waals surface area contributed by atoms with Crippen molar-refractivity contribution in [3.8, 4) is 0 Å². The van der Waals surface area contributed by atoms with Crippen LogP contribution in [0.25, 0.3) is 0 Å². The van der Waals surface area contributed by atoms with E-state index in [-0.39, 0.29) is 5.91 Å². The largest absolute Gasteiger partial charge is 0.443 e. The lowest BCUT2D eigenvalue weighted by Crippen LogP contribution is -2.74. The normalized spacial score (nSPS) is 25.4. The van der Waals surface area contributed by atoms with Crippen LogP contribution in [0.15, 0.2) is 91.5 Å². The molecule has 0 aliphatic carbocycles. The van der Waals surface area contributed by atoms with Crippen molar-refractivity contribution in [3.05, 3.63) is 108 Å². The van der Waals surface area contributed by atoms with Gasteiger partial charge in [0.15, 0.2) is 0 Å². The number of likely N-dealkylation sites (tertiary alicyclic amines) is 1. The van der Waals surface area contributed by atoms with Crippen molar-refractivity contribution in [1.82, 2.24) is 4.90 Å². The van der Waals surface area contributed by atoms with Gasteiger partial charge in [-0.15, -0.1) is 6.58 Å². The van der Waals surface area contributed by atoms with E-state index in [0.29, 0.717) is 25.2 Å². The highest BCUT2D eigenvalue weighted by atomic mass is 16.6. The van der Waals surface area contributed by atoms with Crippen molar-refractivity contribution in [1.29, 1.82) is 0 Å². The number of para-hydroxylation sites is 2. The summed E-state index contributed by atoms with van der Waals surface area (Å²) >= 11 is 0. The summed E-state index contributed by atoms with van der Waals surface area (Å²) in [5.41, 5.74) is 2.12. The van der Waals surface area contributed by atoms with E-state index in [9.17, 15) is 9.59 Å². The van der Waals surface area contributed by atoms with Crippen LogP contribution in [-0.4, -0.2) is 42.3 Å². The first-order valence-electron chi connectivity index (χ1n) is 13.6. The van der Waals surface area contributed by atoms with Gasteiger partial charge in [0, 0.05) is 25.8 Å². The number of hydrogen-bond donors (Lipinski definition) is 0. The summed E-state index contributed by atoms with van der Waals surface area (Å²) in [5.74, 6) is 0.0130. The lowest BCUT2D eigenvalue weighted by Gasteiger charge is -2.61. The molecule has 200 valence electrons. The van der Waals surface area contributed by atoms with Gasteiger partial charge in [-0.25, -0.2) is 4.79 Å². The van der Waals surface area contributed by atoms with Crippen molar-refractivity contribution in [2.24, 2.45) is 0 Å². The minimum atomic E-state index is -1.08. The fourth-order valence-corrected chi connectivity index (χ4v) is 7.23. The summed E-state index contributed by atoms with van der Waals surface area (Å²) in [6, 6.07) is 26.1. The highest BCUT2D eigenvalue weighted by Gasteiger charge is 2.72. The molecule has 1 saturated heterocycles. The van der Waals surface area contributed by atoms with Crippen LogP contribution >= 0.6 is 0 Å². The maximum absolute atomic E-state index is 14.9. The molecule has 1 fully saturated rings. The minimum Gasteiger partial charge on any atom is -0.443 e. The van der Waals surface area contributed by atoms with Crippen LogP contribution < -0.4 is 9.80 Å². The quantitative estimate of drug-likeness (QED) is 0.396. The maximum Gasteiger partial charge on any atom is 0.416 e. The van der Waals surface area contributed by atoms with Crippen molar-refractivity contribution in [2.45, 2.75) is 56.3 Å². The molecule has 0 unspecified atom stereocenters. The molecule has 3 atom stereocenters.